The zero-order valence-corrected chi connectivity index (χ0v) is 12.0. The van der Waals surface area contributed by atoms with Gasteiger partial charge in [-0.3, -0.25) is 0 Å². The van der Waals surface area contributed by atoms with Crippen molar-refractivity contribution in [3.8, 4) is 12.3 Å². The van der Waals surface area contributed by atoms with Crippen LogP contribution in [0, 0.1) is 12.3 Å². The summed E-state index contributed by atoms with van der Waals surface area (Å²) in [5, 5.41) is 14.0. The Kier molecular flexibility index (Phi) is 4.57. The predicted octanol–water partition coefficient (Wildman–Crippen LogP) is 2.68. The van der Waals surface area contributed by atoms with Gasteiger partial charge in [-0.25, -0.2) is 9.59 Å². The van der Waals surface area contributed by atoms with Crippen molar-refractivity contribution >= 4 is 33.6 Å². The molecule has 2 amide bonds. The van der Waals surface area contributed by atoms with E-state index in [0.717, 1.165) is 0 Å². The standard InChI is InChI=1S/C13H13BrN2O3/c1-4-13(2,3)16-12(19)15-10-7-8(11(17)18)5-6-9(10)14/h1,5-7H,2-3H3,(H,17,18)(H2,15,16,19). The van der Waals surface area contributed by atoms with E-state index in [1.54, 1.807) is 19.9 Å². The van der Waals surface area contributed by atoms with Crippen LogP contribution in [0.1, 0.15) is 24.2 Å². The molecule has 19 heavy (non-hydrogen) atoms. The molecule has 0 aliphatic rings. The average molecular weight is 325 g/mol. The molecule has 0 unspecified atom stereocenters. The third-order valence-corrected chi connectivity index (χ3v) is 2.94. The largest absolute Gasteiger partial charge is 0.478 e. The minimum absolute atomic E-state index is 0.0784. The van der Waals surface area contributed by atoms with Gasteiger partial charge < -0.3 is 15.7 Å². The van der Waals surface area contributed by atoms with Gasteiger partial charge >= 0.3 is 12.0 Å². The van der Waals surface area contributed by atoms with Crippen LogP contribution in [-0.4, -0.2) is 22.6 Å². The molecule has 6 heteroatoms. The van der Waals surface area contributed by atoms with Gasteiger partial charge in [-0.2, -0.15) is 0 Å². The average Bonchev–Trinajstić information content (AvgIpc) is 2.31. The van der Waals surface area contributed by atoms with E-state index in [2.05, 4.69) is 32.5 Å². The topological polar surface area (TPSA) is 78.4 Å². The summed E-state index contributed by atoms with van der Waals surface area (Å²) >= 11 is 3.23. The molecular formula is C13H13BrN2O3. The molecule has 1 aromatic carbocycles. The highest BCUT2D eigenvalue weighted by molar-refractivity contribution is 9.10. The van der Waals surface area contributed by atoms with Gasteiger partial charge in [0.2, 0.25) is 0 Å². The minimum Gasteiger partial charge on any atom is -0.478 e. The number of anilines is 1. The monoisotopic (exact) mass is 324 g/mol. The second-order valence-corrected chi connectivity index (χ2v) is 5.20. The first kappa shape index (κ1) is 15.1. The first-order valence-electron chi connectivity index (χ1n) is 5.35. The van der Waals surface area contributed by atoms with Crippen molar-refractivity contribution in [3.63, 3.8) is 0 Å². The van der Waals surface area contributed by atoms with Crippen molar-refractivity contribution in [3.05, 3.63) is 28.2 Å². The predicted molar refractivity (Wildman–Crippen MR) is 76.2 cm³/mol. The fourth-order valence-corrected chi connectivity index (χ4v) is 1.57. The molecule has 0 aliphatic carbocycles. The summed E-state index contributed by atoms with van der Waals surface area (Å²) in [5.74, 6) is 1.35. The summed E-state index contributed by atoms with van der Waals surface area (Å²) in [7, 11) is 0. The van der Waals surface area contributed by atoms with E-state index in [4.69, 9.17) is 11.5 Å². The van der Waals surface area contributed by atoms with Crippen molar-refractivity contribution in [1.82, 2.24) is 5.32 Å². The molecule has 0 heterocycles. The van der Waals surface area contributed by atoms with Crippen LogP contribution in [0.25, 0.3) is 0 Å². The van der Waals surface area contributed by atoms with Gasteiger partial charge in [-0.15, -0.1) is 6.42 Å². The van der Waals surface area contributed by atoms with E-state index in [-0.39, 0.29) is 5.56 Å². The molecule has 0 aromatic heterocycles. The van der Waals surface area contributed by atoms with Crippen molar-refractivity contribution in [2.75, 3.05) is 5.32 Å². The maximum Gasteiger partial charge on any atom is 0.335 e. The molecule has 0 bridgehead atoms. The van der Waals surface area contributed by atoms with Crippen LogP contribution in [0.15, 0.2) is 22.7 Å². The minimum atomic E-state index is -1.07. The van der Waals surface area contributed by atoms with E-state index < -0.39 is 17.5 Å². The van der Waals surface area contributed by atoms with Crippen LogP contribution >= 0.6 is 15.9 Å². The summed E-state index contributed by atoms with van der Waals surface area (Å²) in [5.41, 5.74) is -0.360. The number of benzene rings is 1. The third-order valence-electron chi connectivity index (χ3n) is 2.25. The maximum absolute atomic E-state index is 11.7. The zero-order chi connectivity index (χ0) is 14.6. The highest BCUT2D eigenvalue weighted by Gasteiger charge is 2.17. The van der Waals surface area contributed by atoms with Crippen LogP contribution in [0.4, 0.5) is 10.5 Å². The van der Waals surface area contributed by atoms with Crippen molar-refractivity contribution in [2.45, 2.75) is 19.4 Å². The summed E-state index contributed by atoms with van der Waals surface area (Å²) in [4.78, 5) is 22.6. The van der Waals surface area contributed by atoms with E-state index in [9.17, 15) is 9.59 Å². The lowest BCUT2D eigenvalue weighted by atomic mass is 10.1. The fourth-order valence-electron chi connectivity index (χ4n) is 1.23. The molecule has 5 nitrogen and oxygen atoms in total. The Bertz CT molecular complexity index is 561. The first-order valence-corrected chi connectivity index (χ1v) is 6.14. The van der Waals surface area contributed by atoms with Crippen LogP contribution in [0.3, 0.4) is 0 Å². The third kappa shape index (κ3) is 4.30. The molecule has 0 spiro atoms. The van der Waals surface area contributed by atoms with Gasteiger partial charge in [0.1, 0.15) is 0 Å². The normalized spacial score (nSPS) is 10.4. The van der Waals surface area contributed by atoms with Gasteiger partial charge in [0, 0.05) is 4.47 Å². The Hall–Kier alpha value is -2.00. The number of hydrogen-bond donors (Lipinski definition) is 3. The molecule has 0 saturated heterocycles. The lowest BCUT2D eigenvalue weighted by molar-refractivity contribution is 0.0697. The number of carbonyl (C=O) groups is 2. The van der Waals surface area contributed by atoms with Crippen LogP contribution in [0.5, 0.6) is 0 Å². The number of rotatable bonds is 3. The first-order chi connectivity index (χ1) is 8.75. The quantitative estimate of drug-likeness (QED) is 0.748. The Morgan fingerprint density at radius 2 is 2.05 bits per heavy atom. The molecule has 0 aliphatic heterocycles. The molecule has 100 valence electrons. The molecule has 0 fully saturated rings. The molecule has 3 N–H and O–H groups in total. The Morgan fingerprint density at radius 1 is 1.42 bits per heavy atom. The highest BCUT2D eigenvalue weighted by Crippen LogP contribution is 2.23. The van der Waals surface area contributed by atoms with Gasteiger partial charge in [0.25, 0.3) is 0 Å². The molecular weight excluding hydrogens is 312 g/mol. The lowest BCUT2D eigenvalue weighted by Crippen LogP contribution is -2.44. The second kappa shape index (κ2) is 5.76. The maximum atomic E-state index is 11.7. The van der Waals surface area contributed by atoms with Gasteiger partial charge in [0.05, 0.1) is 16.8 Å². The number of urea groups is 1. The Labute approximate surface area is 119 Å². The fraction of sp³-hybridized carbons (Fsp3) is 0.231. The highest BCUT2D eigenvalue weighted by atomic mass is 79.9. The SMILES string of the molecule is C#CC(C)(C)NC(=O)Nc1cc(C(=O)O)ccc1Br. The van der Waals surface area contributed by atoms with E-state index in [1.165, 1.54) is 12.1 Å². The van der Waals surface area contributed by atoms with Gasteiger partial charge in [-0.05, 0) is 48.0 Å². The number of aromatic carboxylic acids is 1. The summed E-state index contributed by atoms with van der Waals surface area (Å²) < 4.78 is 0.575. The van der Waals surface area contributed by atoms with Gasteiger partial charge in [-0.1, -0.05) is 5.92 Å². The van der Waals surface area contributed by atoms with Crippen LogP contribution in [0.2, 0.25) is 0 Å². The molecule has 0 atom stereocenters. The lowest BCUT2D eigenvalue weighted by Gasteiger charge is -2.20. The number of carboxylic acid groups (broad SMARTS) is 1. The number of nitrogens with one attached hydrogen (secondary N) is 2. The summed E-state index contributed by atoms with van der Waals surface area (Å²) in [6.07, 6.45) is 5.26. The number of terminal acetylenes is 1. The number of carboxylic acids is 1. The van der Waals surface area contributed by atoms with Crippen molar-refractivity contribution in [1.29, 1.82) is 0 Å². The number of halogens is 1. The summed E-state index contributed by atoms with van der Waals surface area (Å²) in [6, 6.07) is 3.83. The Balaban J connectivity index is 2.88. The Morgan fingerprint density at radius 3 is 2.58 bits per heavy atom. The molecule has 1 aromatic rings. The van der Waals surface area contributed by atoms with E-state index >= 15 is 0 Å². The molecule has 1 rings (SSSR count). The molecule has 0 saturated carbocycles. The zero-order valence-electron chi connectivity index (χ0n) is 10.5. The second-order valence-electron chi connectivity index (χ2n) is 4.35. The van der Waals surface area contributed by atoms with E-state index in [1.807, 2.05) is 0 Å². The van der Waals surface area contributed by atoms with E-state index in [0.29, 0.717) is 10.2 Å². The summed E-state index contributed by atoms with van der Waals surface area (Å²) in [6.45, 7) is 3.35. The van der Waals surface area contributed by atoms with Crippen LogP contribution < -0.4 is 10.6 Å². The number of hydrogen-bond acceptors (Lipinski definition) is 2. The smallest absolute Gasteiger partial charge is 0.335 e. The van der Waals surface area contributed by atoms with Crippen molar-refractivity contribution < 1.29 is 14.7 Å². The number of amides is 2. The van der Waals surface area contributed by atoms with Crippen molar-refractivity contribution in [2.24, 2.45) is 0 Å². The molecule has 0 radical (unpaired) electrons. The van der Waals surface area contributed by atoms with Crippen LogP contribution in [-0.2, 0) is 0 Å². The number of carbonyl (C=O) groups excluding carboxylic acids is 1. The van der Waals surface area contributed by atoms with Gasteiger partial charge in [0.15, 0.2) is 0 Å².